The second kappa shape index (κ2) is 12.1. The Morgan fingerprint density at radius 3 is 2.13 bits per heavy atom. The van der Waals surface area contributed by atoms with Crippen LogP contribution >= 0.6 is 0 Å². The van der Waals surface area contributed by atoms with Crippen molar-refractivity contribution in [1.29, 1.82) is 0 Å². The first-order chi connectivity index (χ1) is 21.9. The molecule has 1 saturated heterocycles. The maximum absolute atomic E-state index is 14.9. The van der Waals surface area contributed by atoms with Crippen LogP contribution in [0.25, 0.3) is 22.0 Å². The lowest BCUT2D eigenvalue weighted by atomic mass is 9.98. The topological polar surface area (TPSA) is 106 Å². The Kier molecular flexibility index (Phi) is 8.13. The molecule has 3 aromatic carbocycles. The van der Waals surface area contributed by atoms with Crippen LogP contribution in [0.1, 0.15) is 56.6 Å². The van der Waals surface area contributed by atoms with Crippen LogP contribution in [0.4, 0.5) is 18.4 Å². The van der Waals surface area contributed by atoms with E-state index in [1.807, 2.05) is 48.5 Å². The third kappa shape index (κ3) is 5.86. The number of piperazine rings is 1. The van der Waals surface area contributed by atoms with Gasteiger partial charge in [-0.1, -0.05) is 48.5 Å². The highest BCUT2D eigenvalue weighted by molar-refractivity contribution is 5.80. The Morgan fingerprint density at radius 2 is 1.52 bits per heavy atom. The number of aromatic nitrogens is 2. The number of nitrogens with zero attached hydrogens (tertiary/aromatic N) is 4. The molecular formula is C34H35F2N5O5. The number of rotatable bonds is 5. The zero-order valence-electron chi connectivity index (χ0n) is 26.0. The van der Waals surface area contributed by atoms with Gasteiger partial charge < -0.3 is 24.7 Å². The molecule has 10 nitrogen and oxygen atoms in total. The summed E-state index contributed by atoms with van der Waals surface area (Å²) in [5.74, 6) is -1.96. The van der Waals surface area contributed by atoms with Gasteiger partial charge in [0, 0.05) is 19.0 Å². The van der Waals surface area contributed by atoms with Crippen molar-refractivity contribution in [3.05, 3.63) is 99.6 Å². The third-order valence-electron chi connectivity index (χ3n) is 8.18. The summed E-state index contributed by atoms with van der Waals surface area (Å²) in [5.41, 5.74) is 2.34. The molecule has 0 bridgehead atoms. The van der Waals surface area contributed by atoms with Gasteiger partial charge in [0.2, 0.25) is 0 Å². The van der Waals surface area contributed by atoms with E-state index in [4.69, 9.17) is 9.47 Å². The fourth-order valence-electron chi connectivity index (χ4n) is 6.07. The predicted octanol–water partition coefficient (Wildman–Crippen LogP) is 5.46. The number of hydrogen-bond donors (Lipinski definition) is 1. The molecule has 1 aliphatic heterocycles. The summed E-state index contributed by atoms with van der Waals surface area (Å²) < 4.78 is 42.1. The van der Waals surface area contributed by atoms with E-state index in [-0.39, 0.29) is 44.5 Å². The van der Waals surface area contributed by atoms with Gasteiger partial charge in [0.1, 0.15) is 34.7 Å². The molecule has 0 saturated carbocycles. The summed E-state index contributed by atoms with van der Waals surface area (Å²) >= 11 is 0. The first-order valence-corrected chi connectivity index (χ1v) is 15.2. The van der Waals surface area contributed by atoms with Crippen LogP contribution in [0.3, 0.4) is 0 Å². The molecule has 1 atom stereocenters. The number of ether oxygens (including phenoxy) is 2. The molecule has 12 heteroatoms. The zero-order valence-corrected chi connectivity index (χ0v) is 26.0. The predicted molar refractivity (Wildman–Crippen MR) is 168 cm³/mol. The molecule has 0 radical (unpaired) electrons. The number of benzene rings is 3. The van der Waals surface area contributed by atoms with Crippen molar-refractivity contribution in [3.63, 3.8) is 0 Å². The van der Waals surface area contributed by atoms with Gasteiger partial charge in [-0.05, 0) is 62.1 Å². The zero-order chi connectivity index (χ0) is 32.7. The van der Waals surface area contributed by atoms with Crippen LogP contribution < -0.4 is 15.9 Å². The Labute approximate surface area is 264 Å². The van der Waals surface area contributed by atoms with Gasteiger partial charge in [-0.25, -0.2) is 28.0 Å². The molecule has 1 unspecified atom stereocenters. The van der Waals surface area contributed by atoms with Crippen LogP contribution in [0, 0.1) is 11.6 Å². The molecular weight excluding hydrogens is 596 g/mol. The number of carbonyl (C=O) groups is 2. The summed E-state index contributed by atoms with van der Waals surface area (Å²) in [5, 5.41) is 3.81. The largest absolute Gasteiger partial charge is 0.449 e. The monoisotopic (exact) mass is 631 g/mol. The molecule has 46 heavy (non-hydrogen) atoms. The molecule has 240 valence electrons. The van der Waals surface area contributed by atoms with Gasteiger partial charge in [0.05, 0.1) is 19.1 Å². The SMILES string of the molecule is CC(NC(=O)OCC1c2ccccc2-c2ccccc21)c1nc2c(F)ccc(F)c2c(=O)n1N1CCN(C(=O)OC(C)(C)C)CC1. The highest BCUT2D eigenvalue weighted by Crippen LogP contribution is 2.44. The maximum Gasteiger partial charge on any atom is 0.410 e. The molecule has 2 aliphatic rings. The molecule has 1 N–H and O–H groups in total. The van der Waals surface area contributed by atoms with E-state index in [0.717, 1.165) is 39.1 Å². The average molecular weight is 632 g/mol. The maximum atomic E-state index is 14.9. The second-order valence-electron chi connectivity index (χ2n) is 12.5. The molecule has 1 aliphatic carbocycles. The van der Waals surface area contributed by atoms with Crippen molar-refractivity contribution in [3.8, 4) is 11.1 Å². The van der Waals surface area contributed by atoms with E-state index < -0.39 is 51.9 Å². The van der Waals surface area contributed by atoms with Crippen molar-refractivity contribution in [2.75, 3.05) is 37.8 Å². The molecule has 2 amide bonds. The Balaban J connectivity index is 1.24. The normalized spacial score (nSPS) is 15.3. The van der Waals surface area contributed by atoms with Crippen LogP contribution in [-0.4, -0.2) is 65.1 Å². The molecule has 1 fully saturated rings. The van der Waals surface area contributed by atoms with E-state index in [1.165, 1.54) is 4.90 Å². The fourth-order valence-corrected chi connectivity index (χ4v) is 6.07. The minimum atomic E-state index is -0.945. The van der Waals surface area contributed by atoms with Gasteiger partial charge in [0.25, 0.3) is 5.56 Å². The first-order valence-electron chi connectivity index (χ1n) is 15.2. The van der Waals surface area contributed by atoms with Crippen molar-refractivity contribution >= 4 is 23.1 Å². The van der Waals surface area contributed by atoms with E-state index in [9.17, 15) is 23.2 Å². The number of hydrogen-bond acceptors (Lipinski definition) is 7. The first kappa shape index (κ1) is 31.0. The summed E-state index contributed by atoms with van der Waals surface area (Å²) in [6, 6.07) is 16.8. The Hall–Kier alpha value is -5.00. The standard InChI is InChI=1S/C34H35F2N5O5/c1-20(37-32(43)45-19-25-23-11-7-5-9-21(23)22-10-6-8-12-24(22)25)30-38-29-27(36)14-13-26(35)28(29)31(42)41(30)40-17-15-39(16-18-40)33(44)46-34(2,3)4/h5-14,20,25H,15-19H2,1-4H3,(H,37,43). The van der Waals surface area contributed by atoms with Crippen LogP contribution in [-0.2, 0) is 9.47 Å². The molecule has 1 aromatic heterocycles. The lowest BCUT2D eigenvalue weighted by Crippen LogP contribution is -2.57. The van der Waals surface area contributed by atoms with E-state index >= 15 is 0 Å². The number of nitrogens with one attached hydrogen (secondary N) is 1. The minimum absolute atomic E-state index is 0.0128. The molecule has 6 rings (SSSR count). The van der Waals surface area contributed by atoms with Gasteiger partial charge >= 0.3 is 12.2 Å². The summed E-state index contributed by atoms with van der Waals surface area (Å²) in [7, 11) is 0. The van der Waals surface area contributed by atoms with Crippen LogP contribution in [0.2, 0.25) is 0 Å². The number of alkyl carbamates (subject to hydrolysis) is 1. The third-order valence-corrected chi connectivity index (χ3v) is 8.18. The molecule has 2 heterocycles. The quantitative estimate of drug-likeness (QED) is 0.312. The van der Waals surface area contributed by atoms with Crippen LogP contribution in [0.15, 0.2) is 65.5 Å². The van der Waals surface area contributed by atoms with Crippen molar-refractivity contribution in [1.82, 2.24) is 19.9 Å². The number of carbonyl (C=O) groups excluding carboxylic acids is 2. The molecule has 4 aromatic rings. The number of fused-ring (bicyclic) bond motifs is 4. The lowest BCUT2D eigenvalue weighted by molar-refractivity contribution is 0.0231. The fraction of sp³-hybridized carbons (Fsp3) is 0.353. The average Bonchev–Trinajstić information content (AvgIpc) is 3.34. The summed E-state index contributed by atoms with van der Waals surface area (Å²) in [6.07, 6.45) is -1.25. The van der Waals surface area contributed by atoms with E-state index in [0.29, 0.717) is 0 Å². The van der Waals surface area contributed by atoms with E-state index in [2.05, 4.69) is 10.3 Å². The lowest BCUT2D eigenvalue weighted by Gasteiger charge is -2.38. The van der Waals surface area contributed by atoms with E-state index in [1.54, 1.807) is 32.7 Å². The number of halogens is 2. The van der Waals surface area contributed by atoms with Crippen LogP contribution in [0.5, 0.6) is 0 Å². The van der Waals surface area contributed by atoms with Crippen molar-refractivity contribution in [2.24, 2.45) is 0 Å². The summed E-state index contributed by atoms with van der Waals surface area (Å²) in [6.45, 7) is 7.72. The number of amides is 2. The second-order valence-corrected chi connectivity index (χ2v) is 12.5. The van der Waals surface area contributed by atoms with Crippen molar-refractivity contribution in [2.45, 2.75) is 45.3 Å². The van der Waals surface area contributed by atoms with Gasteiger partial charge in [-0.2, -0.15) is 0 Å². The van der Waals surface area contributed by atoms with Gasteiger partial charge in [0.15, 0.2) is 5.82 Å². The minimum Gasteiger partial charge on any atom is -0.449 e. The van der Waals surface area contributed by atoms with Gasteiger partial charge in [-0.3, -0.25) is 4.79 Å². The highest BCUT2D eigenvalue weighted by atomic mass is 19.1. The summed E-state index contributed by atoms with van der Waals surface area (Å²) in [4.78, 5) is 45.4. The Bertz CT molecular complexity index is 1840. The molecule has 0 spiro atoms. The smallest absolute Gasteiger partial charge is 0.410 e. The van der Waals surface area contributed by atoms with Crippen molar-refractivity contribution < 1.29 is 27.8 Å². The van der Waals surface area contributed by atoms with Gasteiger partial charge in [-0.15, -0.1) is 0 Å². The highest BCUT2D eigenvalue weighted by Gasteiger charge is 2.32. The Morgan fingerprint density at radius 1 is 0.935 bits per heavy atom.